The van der Waals surface area contributed by atoms with Crippen molar-refractivity contribution in [2.45, 2.75) is 32.2 Å². The summed E-state index contributed by atoms with van der Waals surface area (Å²) in [5.74, 6) is 0.887. The molecule has 0 aliphatic carbocycles. The Balaban J connectivity index is 1.85. The number of hydrogen-bond acceptors (Lipinski definition) is 3. The Bertz CT molecular complexity index is 430. The summed E-state index contributed by atoms with van der Waals surface area (Å²) in [6.07, 6.45) is 2.73. The molecule has 2 rings (SSSR count). The summed E-state index contributed by atoms with van der Waals surface area (Å²) in [6, 6.07) is 5.80. The van der Waals surface area contributed by atoms with E-state index in [2.05, 4.69) is 5.32 Å². The van der Waals surface area contributed by atoms with Gasteiger partial charge in [-0.3, -0.25) is 4.79 Å². The Hall–Kier alpha value is -1.55. The topological polar surface area (TPSA) is 64.3 Å². The zero-order chi connectivity index (χ0) is 13.0. The number of nitrogens with two attached hydrogens (primary N) is 1. The van der Waals surface area contributed by atoms with Crippen molar-refractivity contribution in [2.24, 2.45) is 5.73 Å². The van der Waals surface area contributed by atoms with Crippen LogP contribution in [0.1, 0.15) is 35.7 Å². The minimum absolute atomic E-state index is 0.0191. The lowest BCUT2D eigenvalue weighted by atomic mass is 10.1. The third kappa shape index (κ3) is 3.23. The van der Waals surface area contributed by atoms with Crippen LogP contribution in [0.4, 0.5) is 0 Å². The molecule has 0 radical (unpaired) electrons. The molecule has 1 aromatic carbocycles. The summed E-state index contributed by atoms with van der Waals surface area (Å²) in [5.41, 5.74) is 7.49. The smallest absolute Gasteiger partial charge is 0.251 e. The molecule has 1 aliphatic rings. The third-order valence-electron chi connectivity index (χ3n) is 3.07. The zero-order valence-corrected chi connectivity index (χ0v) is 10.7. The standard InChI is InChI=1S/C14H20N2O2/c1-10(15)3-2-7-16-14(17)12-4-5-13-11(9-12)6-8-18-13/h4-5,9-10H,2-3,6-8,15H2,1H3,(H,16,17). The van der Waals surface area contributed by atoms with Crippen LogP contribution in [0.2, 0.25) is 0 Å². The minimum atomic E-state index is -0.0191. The second-order valence-corrected chi connectivity index (χ2v) is 4.80. The first-order chi connectivity index (χ1) is 8.66. The van der Waals surface area contributed by atoms with Gasteiger partial charge in [0.1, 0.15) is 5.75 Å². The maximum atomic E-state index is 11.9. The van der Waals surface area contributed by atoms with E-state index < -0.39 is 0 Å². The molecule has 1 amide bonds. The number of rotatable bonds is 5. The molecule has 1 unspecified atom stereocenters. The van der Waals surface area contributed by atoms with Crippen LogP contribution in [0.15, 0.2) is 18.2 Å². The molecule has 0 bridgehead atoms. The quantitative estimate of drug-likeness (QED) is 0.776. The maximum absolute atomic E-state index is 11.9. The van der Waals surface area contributed by atoms with Gasteiger partial charge in [-0.15, -0.1) is 0 Å². The van der Waals surface area contributed by atoms with Gasteiger partial charge in [-0.25, -0.2) is 0 Å². The number of amides is 1. The van der Waals surface area contributed by atoms with Gasteiger partial charge in [-0.05, 0) is 43.5 Å². The largest absolute Gasteiger partial charge is 0.493 e. The molecule has 1 aromatic rings. The molecule has 4 nitrogen and oxygen atoms in total. The number of carbonyl (C=O) groups is 1. The van der Waals surface area contributed by atoms with Crippen molar-refractivity contribution >= 4 is 5.91 Å². The molecule has 1 heterocycles. The van der Waals surface area contributed by atoms with E-state index in [4.69, 9.17) is 10.5 Å². The van der Waals surface area contributed by atoms with Crippen LogP contribution in [0.25, 0.3) is 0 Å². The summed E-state index contributed by atoms with van der Waals surface area (Å²) < 4.78 is 5.41. The number of nitrogens with one attached hydrogen (secondary N) is 1. The third-order valence-corrected chi connectivity index (χ3v) is 3.07. The molecule has 98 valence electrons. The van der Waals surface area contributed by atoms with Gasteiger partial charge < -0.3 is 15.8 Å². The summed E-state index contributed by atoms with van der Waals surface area (Å²) >= 11 is 0. The Kier molecular flexibility index (Phi) is 4.20. The van der Waals surface area contributed by atoms with Crippen LogP contribution in [0.3, 0.4) is 0 Å². The Morgan fingerprint density at radius 3 is 3.17 bits per heavy atom. The van der Waals surface area contributed by atoms with Crippen LogP contribution in [0, 0.1) is 0 Å². The van der Waals surface area contributed by atoms with Gasteiger partial charge in [0.25, 0.3) is 5.91 Å². The second-order valence-electron chi connectivity index (χ2n) is 4.80. The minimum Gasteiger partial charge on any atom is -0.493 e. The lowest BCUT2D eigenvalue weighted by molar-refractivity contribution is 0.0952. The fourth-order valence-electron chi connectivity index (χ4n) is 2.06. The van der Waals surface area contributed by atoms with E-state index in [1.54, 1.807) is 0 Å². The van der Waals surface area contributed by atoms with Crippen LogP contribution in [-0.4, -0.2) is 25.1 Å². The number of carbonyl (C=O) groups excluding carboxylic acids is 1. The molecule has 1 aliphatic heterocycles. The highest BCUT2D eigenvalue weighted by Crippen LogP contribution is 2.25. The van der Waals surface area contributed by atoms with E-state index in [1.165, 1.54) is 0 Å². The van der Waals surface area contributed by atoms with Crippen LogP contribution in [0.5, 0.6) is 5.75 Å². The van der Waals surface area contributed by atoms with Crippen molar-refractivity contribution in [3.8, 4) is 5.75 Å². The molecule has 0 spiro atoms. The molecule has 18 heavy (non-hydrogen) atoms. The Labute approximate surface area is 108 Å². The molecular formula is C14H20N2O2. The highest BCUT2D eigenvalue weighted by atomic mass is 16.5. The van der Waals surface area contributed by atoms with Gasteiger partial charge >= 0.3 is 0 Å². The molecule has 4 heteroatoms. The van der Waals surface area contributed by atoms with E-state index in [9.17, 15) is 4.79 Å². The fourth-order valence-corrected chi connectivity index (χ4v) is 2.06. The second kappa shape index (κ2) is 5.87. The predicted octanol–water partition coefficient (Wildman–Crippen LogP) is 1.48. The Morgan fingerprint density at radius 1 is 1.56 bits per heavy atom. The zero-order valence-electron chi connectivity index (χ0n) is 10.7. The normalized spacial score (nSPS) is 14.8. The van der Waals surface area contributed by atoms with Gasteiger partial charge in [0.05, 0.1) is 6.61 Å². The van der Waals surface area contributed by atoms with Gasteiger partial charge in [-0.2, -0.15) is 0 Å². The fraction of sp³-hybridized carbons (Fsp3) is 0.500. The van der Waals surface area contributed by atoms with Gasteiger partial charge in [0.2, 0.25) is 0 Å². The van der Waals surface area contributed by atoms with E-state index >= 15 is 0 Å². The average molecular weight is 248 g/mol. The van der Waals surface area contributed by atoms with E-state index in [-0.39, 0.29) is 11.9 Å². The average Bonchev–Trinajstić information content (AvgIpc) is 2.81. The molecule has 0 saturated heterocycles. The first-order valence-electron chi connectivity index (χ1n) is 6.46. The van der Waals surface area contributed by atoms with Crippen molar-refractivity contribution in [1.82, 2.24) is 5.32 Å². The van der Waals surface area contributed by atoms with Crippen molar-refractivity contribution in [3.63, 3.8) is 0 Å². The first kappa shape index (κ1) is 12.9. The number of benzene rings is 1. The summed E-state index contributed by atoms with van der Waals surface area (Å²) in [5, 5.41) is 2.91. The van der Waals surface area contributed by atoms with Crippen LogP contribution >= 0.6 is 0 Å². The molecule has 1 atom stereocenters. The van der Waals surface area contributed by atoms with Gasteiger partial charge in [0.15, 0.2) is 0 Å². The highest BCUT2D eigenvalue weighted by Gasteiger charge is 2.14. The van der Waals surface area contributed by atoms with Crippen LogP contribution in [-0.2, 0) is 6.42 Å². The predicted molar refractivity (Wildman–Crippen MR) is 70.9 cm³/mol. The summed E-state index contributed by atoms with van der Waals surface area (Å²) in [6.45, 7) is 3.37. The van der Waals surface area contributed by atoms with Crippen LogP contribution < -0.4 is 15.8 Å². The molecule has 0 fully saturated rings. The SMILES string of the molecule is CC(N)CCCNC(=O)c1ccc2c(c1)CCO2. The number of fused-ring (bicyclic) bond motifs is 1. The Morgan fingerprint density at radius 2 is 2.39 bits per heavy atom. The van der Waals surface area contributed by atoms with Gasteiger partial charge in [-0.1, -0.05) is 0 Å². The highest BCUT2D eigenvalue weighted by molar-refractivity contribution is 5.94. The lowest BCUT2D eigenvalue weighted by Gasteiger charge is -2.07. The van der Waals surface area contributed by atoms with E-state index in [1.807, 2.05) is 25.1 Å². The van der Waals surface area contributed by atoms with E-state index in [0.29, 0.717) is 12.1 Å². The van der Waals surface area contributed by atoms with Crippen molar-refractivity contribution in [3.05, 3.63) is 29.3 Å². The van der Waals surface area contributed by atoms with E-state index in [0.717, 1.165) is 37.2 Å². The molecule has 0 aromatic heterocycles. The van der Waals surface area contributed by atoms with Crippen molar-refractivity contribution in [1.29, 1.82) is 0 Å². The summed E-state index contributed by atoms with van der Waals surface area (Å²) in [7, 11) is 0. The number of hydrogen-bond donors (Lipinski definition) is 2. The lowest BCUT2D eigenvalue weighted by Crippen LogP contribution is -2.26. The number of ether oxygens (including phenoxy) is 1. The molecular weight excluding hydrogens is 228 g/mol. The monoisotopic (exact) mass is 248 g/mol. The van der Waals surface area contributed by atoms with Gasteiger partial charge in [0, 0.05) is 24.6 Å². The first-order valence-corrected chi connectivity index (χ1v) is 6.46. The maximum Gasteiger partial charge on any atom is 0.251 e. The molecule has 3 N–H and O–H groups in total. The molecule has 0 saturated carbocycles. The van der Waals surface area contributed by atoms with Crippen molar-refractivity contribution < 1.29 is 9.53 Å². The van der Waals surface area contributed by atoms with Crippen molar-refractivity contribution in [2.75, 3.05) is 13.2 Å². The summed E-state index contributed by atoms with van der Waals surface area (Å²) in [4.78, 5) is 11.9.